The molecule has 0 bridgehead atoms. The molecule has 0 saturated heterocycles. The minimum atomic E-state index is -0.126. The Balaban J connectivity index is 2.04. The highest BCUT2D eigenvalue weighted by Crippen LogP contribution is 2.11. The van der Waals surface area contributed by atoms with E-state index in [4.69, 9.17) is 0 Å². The van der Waals surface area contributed by atoms with Crippen molar-refractivity contribution in [3.05, 3.63) is 42.1 Å². The molecule has 0 atom stereocenters. The van der Waals surface area contributed by atoms with Gasteiger partial charge in [-0.15, -0.1) is 0 Å². The molecule has 4 heteroatoms. The maximum atomic E-state index is 11.9. The summed E-state index contributed by atoms with van der Waals surface area (Å²) in [4.78, 5) is 16.2. The Hall–Kier alpha value is -1.94. The van der Waals surface area contributed by atoms with Crippen LogP contribution in [0.1, 0.15) is 17.4 Å². The number of nitrogens with zero attached hydrogens (tertiary/aromatic N) is 1. The molecule has 0 spiro atoms. The lowest BCUT2D eigenvalue weighted by Gasteiger charge is -2.05. The largest absolute Gasteiger partial charge is 0.349 e. The third-order valence-corrected chi connectivity index (χ3v) is 2.67. The fourth-order valence-corrected chi connectivity index (χ4v) is 1.72. The van der Waals surface area contributed by atoms with E-state index in [1.54, 1.807) is 6.07 Å². The van der Waals surface area contributed by atoms with Crippen molar-refractivity contribution in [2.24, 2.45) is 0 Å². The van der Waals surface area contributed by atoms with Gasteiger partial charge in [-0.3, -0.25) is 4.79 Å². The summed E-state index contributed by atoms with van der Waals surface area (Å²) in [6, 6.07) is 11.4. The van der Waals surface area contributed by atoms with Gasteiger partial charge in [-0.2, -0.15) is 0 Å². The molecular formula is C14H17N3O. The number of rotatable bonds is 5. The predicted octanol–water partition coefficient (Wildman–Crippen LogP) is 1.57. The number of hydrogen-bond acceptors (Lipinski definition) is 3. The molecule has 2 N–H and O–H groups in total. The van der Waals surface area contributed by atoms with Crippen molar-refractivity contribution >= 4 is 16.8 Å². The minimum Gasteiger partial charge on any atom is -0.349 e. The predicted molar refractivity (Wildman–Crippen MR) is 72.6 cm³/mol. The summed E-state index contributed by atoms with van der Waals surface area (Å²) in [6.45, 7) is 4.33. The highest BCUT2D eigenvalue weighted by molar-refractivity contribution is 5.94. The molecular weight excluding hydrogens is 226 g/mol. The summed E-state index contributed by atoms with van der Waals surface area (Å²) in [5, 5.41) is 7.03. The number of para-hydroxylation sites is 1. The monoisotopic (exact) mass is 243 g/mol. The quantitative estimate of drug-likeness (QED) is 0.784. The molecule has 0 unspecified atom stereocenters. The molecule has 4 nitrogen and oxygen atoms in total. The second-order valence-corrected chi connectivity index (χ2v) is 4.00. The number of hydrogen-bond donors (Lipinski definition) is 2. The van der Waals surface area contributed by atoms with E-state index in [9.17, 15) is 4.79 Å². The van der Waals surface area contributed by atoms with E-state index in [1.807, 2.05) is 37.3 Å². The highest BCUT2D eigenvalue weighted by Gasteiger charge is 2.06. The van der Waals surface area contributed by atoms with Gasteiger partial charge in [0.05, 0.1) is 5.52 Å². The Morgan fingerprint density at radius 2 is 2.00 bits per heavy atom. The molecule has 0 aliphatic carbocycles. The Labute approximate surface area is 106 Å². The van der Waals surface area contributed by atoms with Gasteiger partial charge in [-0.05, 0) is 18.7 Å². The van der Waals surface area contributed by atoms with Crippen molar-refractivity contribution < 1.29 is 4.79 Å². The van der Waals surface area contributed by atoms with E-state index >= 15 is 0 Å². The Morgan fingerprint density at radius 3 is 2.83 bits per heavy atom. The number of carbonyl (C=O) groups excluding carboxylic acids is 1. The van der Waals surface area contributed by atoms with Crippen LogP contribution in [-0.2, 0) is 0 Å². The second kappa shape index (κ2) is 6.12. The molecule has 2 rings (SSSR count). The van der Waals surface area contributed by atoms with Crippen molar-refractivity contribution in [2.75, 3.05) is 19.6 Å². The fraction of sp³-hybridized carbons (Fsp3) is 0.286. The average molecular weight is 243 g/mol. The van der Waals surface area contributed by atoms with Crippen LogP contribution in [0, 0.1) is 0 Å². The van der Waals surface area contributed by atoms with Crippen LogP contribution >= 0.6 is 0 Å². The minimum absolute atomic E-state index is 0.126. The van der Waals surface area contributed by atoms with Gasteiger partial charge in [0.1, 0.15) is 5.69 Å². The zero-order valence-corrected chi connectivity index (χ0v) is 10.4. The van der Waals surface area contributed by atoms with Crippen molar-refractivity contribution in [3.63, 3.8) is 0 Å². The first kappa shape index (κ1) is 12.5. The second-order valence-electron chi connectivity index (χ2n) is 4.00. The summed E-state index contributed by atoms with van der Waals surface area (Å²) in [5.41, 5.74) is 1.31. The number of benzene rings is 1. The van der Waals surface area contributed by atoms with Crippen LogP contribution in [0.15, 0.2) is 36.4 Å². The summed E-state index contributed by atoms with van der Waals surface area (Å²) < 4.78 is 0. The topological polar surface area (TPSA) is 54.0 Å². The van der Waals surface area contributed by atoms with Crippen LogP contribution in [0.2, 0.25) is 0 Å². The first-order valence-electron chi connectivity index (χ1n) is 6.16. The summed E-state index contributed by atoms with van der Waals surface area (Å²) in [5.74, 6) is -0.126. The number of aromatic nitrogens is 1. The lowest BCUT2D eigenvalue weighted by molar-refractivity contribution is 0.0949. The molecule has 0 aliphatic rings. The zero-order chi connectivity index (χ0) is 12.8. The molecule has 2 aromatic rings. The molecule has 1 aromatic carbocycles. The normalized spacial score (nSPS) is 10.5. The molecule has 18 heavy (non-hydrogen) atoms. The van der Waals surface area contributed by atoms with Crippen LogP contribution in [0.25, 0.3) is 10.9 Å². The van der Waals surface area contributed by atoms with Gasteiger partial charge >= 0.3 is 0 Å². The van der Waals surface area contributed by atoms with Gasteiger partial charge < -0.3 is 10.6 Å². The third kappa shape index (κ3) is 3.05. The number of nitrogens with one attached hydrogen (secondary N) is 2. The molecule has 0 fully saturated rings. The van der Waals surface area contributed by atoms with Gasteiger partial charge in [0.15, 0.2) is 0 Å². The van der Waals surface area contributed by atoms with Gasteiger partial charge in [0, 0.05) is 18.5 Å². The van der Waals surface area contributed by atoms with Crippen LogP contribution in [0.4, 0.5) is 0 Å². The molecule has 1 amide bonds. The average Bonchev–Trinajstić information content (AvgIpc) is 2.43. The molecule has 0 radical (unpaired) electrons. The highest BCUT2D eigenvalue weighted by atomic mass is 16.1. The molecule has 0 aliphatic heterocycles. The van der Waals surface area contributed by atoms with Gasteiger partial charge in [-0.1, -0.05) is 31.2 Å². The number of carbonyl (C=O) groups is 1. The van der Waals surface area contributed by atoms with E-state index in [2.05, 4.69) is 15.6 Å². The summed E-state index contributed by atoms with van der Waals surface area (Å²) in [6.07, 6.45) is 0. The number of amides is 1. The van der Waals surface area contributed by atoms with Crippen LogP contribution in [0.5, 0.6) is 0 Å². The number of fused-ring (bicyclic) bond motifs is 1. The Bertz CT molecular complexity index is 539. The molecule has 0 saturated carbocycles. The van der Waals surface area contributed by atoms with Crippen LogP contribution in [0.3, 0.4) is 0 Å². The molecule has 1 aromatic heterocycles. The van der Waals surface area contributed by atoms with E-state index in [0.29, 0.717) is 12.2 Å². The first-order valence-corrected chi connectivity index (χ1v) is 6.16. The molecule has 1 heterocycles. The van der Waals surface area contributed by atoms with Crippen molar-refractivity contribution in [1.82, 2.24) is 15.6 Å². The van der Waals surface area contributed by atoms with E-state index in [0.717, 1.165) is 24.0 Å². The maximum absolute atomic E-state index is 11.9. The van der Waals surface area contributed by atoms with Gasteiger partial charge in [0.2, 0.25) is 0 Å². The van der Waals surface area contributed by atoms with E-state index in [1.165, 1.54) is 0 Å². The van der Waals surface area contributed by atoms with Gasteiger partial charge in [-0.25, -0.2) is 4.98 Å². The maximum Gasteiger partial charge on any atom is 0.269 e. The lowest BCUT2D eigenvalue weighted by atomic mass is 10.2. The van der Waals surface area contributed by atoms with Crippen molar-refractivity contribution in [3.8, 4) is 0 Å². The van der Waals surface area contributed by atoms with Gasteiger partial charge in [0.25, 0.3) is 5.91 Å². The first-order chi connectivity index (χ1) is 8.81. The number of pyridine rings is 1. The third-order valence-electron chi connectivity index (χ3n) is 2.67. The Morgan fingerprint density at radius 1 is 1.17 bits per heavy atom. The van der Waals surface area contributed by atoms with E-state index < -0.39 is 0 Å². The standard InChI is InChI=1S/C14H17N3O/c1-2-15-9-10-16-14(18)13-8-7-11-5-3-4-6-12(11)17-13/h3-8,15H,2,9-10H2,1H3,(H,16,18). The SMILES string of the molecule is CCNCCNC(=O)c1ccc2ccccc2n1. The van der Waals surface area contributed by atoms with E-state index in [-0.39, 0.29) is 5.91 Å². The summed E-state index contributed by atoms with van der Waals surface area (Å²) >= 11 is 0. The lowest BCUT2D eigenvalue weighted by Crippen LogP contribution is -2.32. The smallest absolute Gasteiger partial charge is 0.269 e. The zero-order valence-electron chi connectivity index (χ0n) is 10.4. The number of likely N-dealkylation sites (N-methyl/N-ethyl adjacent to an activating group) is 1. The van der Waals surface area contributed by atoms with Crippen molar-refractivity contribution in [1.29, 1.82) is 0 Å². The van der Waals surface area contributed by atoms with Crippen molar-refractivity contribution in [2.45, 2.75) is 6.92 Å². The summed E-state index contributed by atoms with van der Waals surface area (Å²) in [7, 11) is 0. The van der Waals surface area contributed by atoms with Crippen LogP contribution in [-0.4, -0.2) is 30.5 Å². The van der Waals surface area contributed by atoms with Crippen LogP contribution < -0.4 is 10.6 Å². The Kier molecular flexibility index (Phi) is 4.25. The fourth-order valence-electron chi connectivity index (χ4n) is 1.72. The molecule has 94 valence electrons.